The molecule has 83 valence electrons. The first-order valence-electron chi connectivity index (χ1n) is 5.04. The first-order valence-corrected chi connectivity index (χ1v) is 6.52. The number of nitrogens with one attached hydrogen (secondary N) is 1. The summed E-state index contributed by atoms with van der Waals surface area (Å²) in [6.45, 7) is 1.89. The summed E-state index contributed by atoms with van der Waals surface area (Å²) in [4.78, 5) is 0.146. The van der Waals surface area contributed by atoms with Crippen LogP contribution in [-0.2, 0) is 16.4 Å². The van der Waals surface area contributed by atoms with Crippen LogP contribution in [-0.4, -0.2) is 8.42 Å². The van der Waals surface area contributed by atoms with E-state index in [4.69, 9.17) is 5.14 Å². The van der Waals surface area contributed by atoms with Crippen LogP contribution >= 0.6 is 0 Å². The quantitative estimate of drug-likeness (QED) is 0.801. The average Bonchev–Trinajstić information content (AvgIpc) is 2.26. The topological polar surface area (TPSA) is 57.9 Å². The van der Waals surface area contributed by atoms with Gasteiger partial charge in [-0.15, -0.1) is 5.14 Å². The summed E-state index contributed by atoms with van der Waals surface area (Å²) in [6.07, 6.45) is 0.609. The molecule has 3 nitrogen and oxygen atoms in total. The largest absolute Gasteiger partial charge is 0.255 e. The van der Waals surface area contributed by atoms with Gasteiger partial charge < -0.3 is 0 Å². The van der Waals surface area contributed by atoms with Gasteiger partial charge in [0.2, 0.25) is 0 Å². The molecule has 16 heavy (non-hydrogen) atoms. The van der Waals surface area contributed by atoms with Crippen molar-refractivity contribution < 1.29 is 8.42 Å². The number of sulfonamides is 1. The first-order chi connectivity index (χ1) is 7.54. The maximum Gasteiger partial charge on any atom is 0.255 e. The fourth-order valence-corrected chi connectivity index (χ4v) is 2.92. The molecule has 0 aliphatic carbocycles. The number of aryl methyl sites for hydroxylation is 1. The van der Waals surface area contributed by atoms with Crippen molar-refractivity contribution in [1.82, 2.24) is 5.14 Å². The summed E-state index contributed by atoms with van der Waals surface area (Å²) in [5.41, 5.74) is 0.703. The van der Waals surface area contributed by atoms with E-state index in [1.165, 1.54) is 0 Å². The van der Waals surface area contributed by atoms with Gasteiger partial charge in [0.25, 0.3) is 10.0 Å². The van der Waals surface area contributed by atoms with E-state index in [-0.39, 0.29) is 4.90 Å². The zero-order chi connectivity index (χ0) is 11.8. The van der Waals surface area contributed by atoms with Gasteiger partial charge in [-0.1, -0.05) is 43.3 Å². The molecule has 0 aliphatic heterocycles. The molecule has 0 heterocycles. The maximum atomic E-state index is 11.5. The molecule has 4 heteroatoms. The van der Waals surface area contributed by atoms with Crippen LogP contribution in [0.2, 0.25) is 0 Å². The molecule has 0 atom stereocenters. The Morgan fingerprint density at radius 1 is 1.12 bits per heavy atom. The van der Waals surface area contributed by atoms with E-state index in [1.54, 1.807) is 18.2 Å². The highest BCUT2D eigenvalue weighted by Crippen LogP contribution is 2.26. The zero-order valence-corrected chi connectivity index (χ0v) is 9.71. The summed E-state index contributed by atoms with van der Waals surface area (Å²) in [7, 11) is -3.92. The molecule has 0 saturated heterocycles. The number of hydrogen-bond donors (Lipinski definition) is 0. The van der Waals surface area contributed by atoms with Crippen molar-refractivity contribution >= 4 is 20.8 Å². The number of benzene rings is 2. The molecular formula is C12H12NO2S. The van der Waals surface area contributed by atoms with Crippen LogP contribution in [0.5, 0.6) is 0 Å². The van der Waals surface area contributed by atoms with Crippen LogP contribution < -0.4 is 5.14 Å². The lowest BCUT2D eigenvalue weighted by atomic mass is 10.1. The van der Waals surface area contributed by atoms with E-state index in [1.807, 2.05) is 25.1 Å². The van der Waals surface area contributed by atoms with Crippen LogP contribution in [0, 0.1) is 0 Å². The fraction of sp³-hybridized carbons (Fsp3) is 0.167. The van der Waals surface area contributed by atoms with E-state index in [0.717, 1.165) is 5.39 Å². The van der Waals surface area contributed by atoms with Crippen LogP contribution in [0.4, 0.5) is 0 Å². The molecule has 0 bridgehead atoms. The van der Waals surface area contributed by atoms with Crippen molar-refractivity contribution in [2.24, 2.45) is 0 Å². The second kappa shape index (κ2) is 3.88. The molecule has 1 radical (unpaired) electrons. The molecule has 2 aromatic rings. The minimum absolute atomic E-state index is 0.146. The Hall–Kier alpha value is -1.39. The smallest absolute Gasteiger partial charge is 0.206 e. The van der Waals surface area contributed by atoms with E-state index in [0.29, 0.717) is 17.4 Å². The third kappa shape index (κ3) is 1.81. The van der Waals surface area contributed by atoms with Gasteiger partial charge in [0.1, 0.15) is 0 Å². The van der Waals surface area contributed by atoms with Crippen molar-refractivity contribution in [2.75, 3.05) is 0 Å². The molecule has 0 spiro atoms. The van der Waals surface area contributed by atoms with Crippen molar-refractivity contribution in [3.05, 3.63) is 42.0 Å². The van der Waals surface area contributed by atoms with Crippen molar-refractivity contribution in [1.29, 1.82) is 0 Å². The third-order valence-corrected chi connectivity index (χ3v) is 3.63. The Kier molecular flexibility index (Phi) is 2.69. The van der Waals surface area contributed by atoms with Crippen LogP contribution in [0.3, 0.4) is 0 Å². The van der Waals surface area contributed by atoms with Gasteiger partial charge in [0.05, 0.1) is 4.90 Å². The van der Waals surface area contributed by atoms with Crippen LogP contribution in [0.1, 0.15) is 12.5 Å². The average molecular weight is 234 g/mol. The first kappa shape index (κ1) is 11.1. The van der Waals surface area contributed by atoms with Crippen molar-refractivity contribution in [3.63, 3.8) is 0 Å². The second-order valence-electron chi connectivity index (χ2n) is 3.63. The lowest BCUT2D eigenvalue weighted by Crippen LogP contribution is -2.05. The van der Waals surface area contributed by atoms with Gasteiger partial charge in [0, 0.05) is 5.39 Å². The van der Waals surface area contributed by atoms with Gasteiger partial charge in [-0.25, -0.2) is 8.42 Å². The van der Waals surface area contributed by atoms with Crippen LogP contribution in [0.15, 0.2) is 41.3 Å². The summed E-state index contributed by atoms with van der Waals surface area (Å²) in [5, 5.41) is 8.76. The van der Waals surface area contributed by atoms with E-state index < -0.39 is 10.0 Å². The molecule has 0 unspecified atom stereocenters. The van der Waals surface area contributed by atoms with Crippen molar-refractivity contribution in [3.8, 4) is 0 Å². The van der Waals surface area contributed by atoms with Gasteiger partial charge in [-0.05, 0) is 17.4 Å². The molecule has 0 saturated carbocycles. The van der Waals surface area contributed by atoms with Crippen molar-refractivity contribution in [2.45, 2.75) is 18.2 Å². The van der Waals surface area contributed by atoms with Gasteiger partial charge in [-0.3, -0.25) is 0 Å². The fourth-order valence-electron chi connectivity index (χ4n) is 1.88. The summed E-state index contributed by atoms with van der Waals surface area (Å²) < 4.78 is 23.0. The second-order valence-corrected chi connectivity index (χ2v) is 5.05. The predicted octanol–water partition coefficient (Wildman–Crippen LogP) is 2.37. The normalized spacial score (nSPS) is 11.9. The Balaban J connectivity index is 2.95. The molecule has 2 rings (SSSR count). The highest BCUT2D eigenvalue weighted by molar-refractivity contribution is 7.89. The SMILES string of the molecule is CCc1ccc2ccccc2c1S([NH])(=O)=O. The van der Waals surface area contributed by atoms with E-state index in [9.17, 15) is 8.42 Å². The zero-order valence-electron chi connectivity index (χ0n) is 8.90. The predicted molar refractivity (Wildman–Crippen MR) is 63.6 cm³/mol. The highest BCUT2D eigenvalue weighted by atomic mass is 32.2. The maximum absolute atomic E-state index is 11.5. The Labute approximate surface area is 94.9 Å². The van der Waals surface area contributed by atoms with Crippen LogP contribution in [0.25, 0.3) is 10.8 Å². The highest BCUT2D eigenvalue weighted by Gasteiger charge is 2.17. The number of hydrogen-bond acceptors (Lipinski definition) is 2. The Morgan fingerprint density at radius 2 is 1.81 bits per heavy atom. The van der Waals surface area contributed by atoms with Gasteiger partial charge >= 0.3 is 0 Å². The summed E-state index contributed by atoms with van der Waals surface area (Å²) in [6, 6.07) is 10.9. The Bertz CT molecular complexity index is 633. The van der Waals surface area contributed by atoms with Gasteiger partial charge in [0.15, 0.2) is 0 Å². The standard InChI is InChI=1S/C12H12NO2S/c1-2-9-7-8-10-5-3-4-6-11(10)12(9)16(13,14)15/h3-8,13H,2H2,1H3. The molecule has 0 amide bonds. The van der Waals surface area contributed by atoms with E-state index >= 15 is 0 Å². The number of rotatable bonds is 2. The van der Waals surface area contributed by atoms with E-state index in [2.05, 4.69) is 0 Å². The molecule has 1 N–H and O–H groups in total. The molecule has 0 aromatic heterocycles. The number of fused-ring (bicyclic) bond motifs is 1. The molecule has 0 fully saturated rings. The Morgan fingerprint density at radius 3 is 2.44 bits per heavy atom. The molecule has 0 aliphatic rings. The lowest BCUT2D eigenvalue weighted by molar-refractivity contribution is 0.596. The summed E-state index contributed by atoms with van der Waals surface area (Å²) >= 11 is 0. The minimum atomic E-state index is -3.92. The lowest BCUT2D eigenvalue weighted by Gasteiger charge is -2.08. The summed E-state index contributed by atoms with van der Waals surface area (Å²) in [5.74, 6) is 0. The molecular weight excluding hydrogens is 222 g/mol. The van der Waals surface area contributed by atoms with Gasteiger partial charge in [-0.2, -0.15) is 0 Å². The minimum Gasteiger partial charge on any atom is -0.206 e. The monoisotopic (exact) mass is 234 g/mol. The third-order valence-electron chi connectivity index (χ3n) is 2.61. The molecule has 2 aromatic carbocycles.